The first-order valence-corrected chi connectivity index (χ1v) is 11.4. The Morgan fingerprint density at radius 1 is 1.10 bits per heavy atom. The molecule has 0 aromatic heterocycles. The Labute approximate surface area is 173 Å². The summed E-state index contributed by atoms with van der Waals surface area (Å²) < 4.78 is 25.4. The lowest BCUT2D eigenvalue weighted by molar-refractivity contribution is 0.0930. The summed E-state index contributed by atoms with van der Waals surface area (Å²) >= 11 is 0. The molecular weight excluding hydrogens is 386 g/mol. The molecule has 156 valence electrons. The molecule has 1 aliphatic rings. The van der Waals surface area contributed by atoms with Crippen molar-refractivity contribution in [3.63, 3.8) is 0 Å². The predicted molar refractivity (Wildman–Crippen MR) is 114 cm³/mol. The molecule has 1 fully saturated rings. The molecule has 1 amide bonds. The van der Waals surface area contributed by atoms with Crippen LogP contribution in [0.4, 0.5) is 0 Å². The second kappa shape index (κ2) is 9.52. The molecule has 0 aliphatic carbocycles. The number of rotatable bonds is 7. The van der Waals surface area contributed by atoms with Gasteiger partial charge in [-0.2, -0.15) is 0 Å². The fourth-order valence-corrected chi connectivity index (χ4v) is 4.53. The molecule has 0 bridgehead atoms. The number of likely N-dealkylation sites (tertiary alicyclic amines) is 1. The number of piperidine rings is 1. The Morgan fingerprint density at radius 2 is 1.79 bits per heavy atom. The number of amides is 1. The number of nitrogens with zero attached hydrogens (tertiary/aromatic N) is 2. The van der Waals surface area contributed by atoms with Gasteiger partial charge in [0.05, 0.1) is 4.90 Å². The van der Waals surface area contributed by atoms with E-state index in [4.69, 9.17) is 0 Å². The summed E-state index contributed by atoms with van der Waals surface area (Å²) in [7, 11) is -0.510. The van der Waals surface area contributed by atoms with E-state index in [9.17, 15) is 13.2 Å². The summed E-state index contributed by atoms with van der Waals surface area (Å²) in [5, 5.41) is 3.01. The van der Waals surface area contributed by atoms with Gasteiger partial charge in [0.1, 0.15) is 0 Å². The first-order chi connectivity index (χ1) is 13.9. The zero-order chi connectivity index (χ0) is 20.9. The van der Waals surface area contributed by atoms with Gasteiger partial charge < -0.3 is 5.32 Å². The van der Waals surface area contributed by atoms with Crippen LogP contribution in [0.2, 0.25) is 0 Å². The normalized spacial score (nSPS) is 18.0. The number of benzene rings is 2. The highest BCUT2D eigenvalue weighted by atomic mass is 32.2. The van der Waals surface area contributed by atoms with Crippen molar-refractivity contribution < 1.29 is 13.2 Å². The number of hydrogen-bond acceptors (Lipinski definition) is 4. The van der Waals surface area contributed by atoms with Crippen LogP contribution < -0.4 is 5.32 Å². The largest absolute Gasteiger partial charge is 0.352 e. The first-order valence-electron chi connectivity index (χ1n) is 9.93. The summed E-state index contributed by atoms with van der Waals surface area (Å²) in [6.07, 6.45) is 2.23. The SMILES string of the molecule is CN(C)S(=O)(=O)c1ccc(C(=O)NCC2CCCN(Cc3ccccc3)C2)cc1. The fraction of sp³-hybridized carbons (Fsp3) is 0.409. The molecular formula is C22H29N3O3S. The molecule has 3 rings (SSSR count). The average Bonchev–Trinajstić information content (AvgIpc) is 2.73. The van der Waals surface area contributed by atoms with Crippen molar-refractivity contribution in [2.75, 3.05) is 33.7 Å². The van der Waals surface area contributed by atoms with Crippen molar-refractivity contribution in [1.82, 2.24) is 14.5 Å². The van der Waals surface area contributed by atoms with Crippen molar-refractivity contribution >= 4 is 15.9 Å². The zero-order valence-electron chi connectivity index (χ0n) is 17.0. The molecule has 1 aliphatic heterocycles. The van der Waals surface area contributed by atoms with Crippen LogP contribution in [-0.4, -0.2) is 57.3 Å². The number of carbonyl (C=O) groups excluding carboxylic acids is 1. The van der Waals surface area contributed by atoms with E-state index in [1.165, 1.54) is 31.8 Å². The molecule has 1 heterocycles. The second-order valence-electron chi connectivity index (χ2n) is 7.75. The molecule has 2 aromatic carbocycles. The van der Waals surface area contributed by atoms with Crippen LogP contribution in [0.1, 0.15) is 28.8 Å². The number of nitrogens with one attached hydrogen (secondary N) is 1. The third kappa shape index (κ3) is 5.65. The monoisotopic (exact) mass is 415 g/mol. The van der Waals surface area contributed by atoms with E-state index in [1.807, 2.05) is 6.07 Å². The lowest BCUT2D eigenvalue weighted by Gasteiger charge is -2.32. The van der Waals surface area contributed by atoms with E-state index in [-0.39, 0.29) is 10.8 Å². The maximum absolute atomic E-state index is 12.5. The molecule has 1 atom stereocenters. The molecule has 1 N–H and O–H groups in total. The third-order valence-corrected chi connectivity index (χ3v) is 7.13. The van der Waals surface area contributed by atoms with E-state index in [1.54, 1.807) is 12.1 Å². The quantitative estimate of drug-likeness (QED) is 0.755. The van der Waals surface area contributed by atoms with E-state index in [0.717, 1.165) is 36.8 Å². The highest BCUT2D eigenvalue weighted by Gasteiger charge is 2.21. The first kappa shape index (κ1) is 21.5. The molecule has 29 heavy (non-hydrogen) atoms. The van der Waals surface area contributed by atoms with Crippen LogP contribution in [0.25, 0.3) is 0 Å². The van der Waals surface area contributed by atoms with Gasteiger partial charge in [0, 0.05) is 39.3 Å². The van der Waals surface area contributed by atoms with Crippen LogP contribution in [0.5, 0.6) is 0 Å². The Morgan fingerprint density at radius 3 is 2.45 bits per heavy atom. The highest BCUT2D eigenvalue weighted by Crippen LogP contribution is 2.18. The van der Waals surface area contributed by atoms with Crippen molar-refractivity contribution in [2.24, 2.45) is 5.92 Å². The molecule has 0 saturated carbocycles. The van der Waals surface area contributed by atoms with Crippen molar-refractivity contribution in [2.45, 2.75) is 24.3 Å². The minimum atomic E-state index is -3.48. The maximum Gasteiger partial charge on any atom is 0.251 e. The molecule has 1 saturated heterocycles. The third-order valence-electron chi connectivity index (χ3n) is 5.30. The number of sulfonamides is 1. The van der Waals surface area contributed by atoms with Crippen LogP contribution >= 0.6 is 0 Å². The molecule has 7 heteroatoms. The van der Waals surface area contributed by atoms with Gasteiger partial charge in [0.25, 0.3) is 5.91 Å². The highest BCUT2D eigenvalue weighted by molar-refractivity contribution is 7.89. The Balaban J connectivity index is 1.52. The van der Waals surface area contributed by atoms with Crippen LogP contribution in [0.15, 0.2) is 59.5 Å². The van der Waals surface area contributed by atoms with Gasteiger partial charge in [-0.1, -0.05) is 30.3 Å². The molecule has 1 unspecified atom stereocenters. The standard InChI is InChI=1S/C22H29N3O3S/c1-24(2)29(27,28)21-12-10-20(11-13-21)22(26)23-15-19-9-6-14-25(17-19)16-18-7-4-3-5-8-18/h3-5,7-8,10-13,19H,6,9,14-17H2,1-2H3,(H,23,26). The molecule has 6 nitrogen and oxygen atoms in total. The summed E-state index contributed by atoms with van der Waals surface area (Å²) in [5.41, 5.74) is 1.78. The van der Waals surface area contributed by atoms with Gasteiger partial charge in [0.2, 0.25) is 10.0 Å². The van der Waals surface area contributed by atoms with Crippen LogP contribution in [0, 0.1) is 5.92 Å². The summed E-state index contributed by atoms with van der Waals surface area (Å²) in [6.45, 7) is 3.62. The Kier molecular flexibility index (Phi) is 7.05. The van der Waals surface area contributed by atoms with Gasteiger partial charge in [-0.3, -0.25) is 9.69 Å². The zero-order valence-corrected chi connectivity index (χ0v) is 17.9. The minimum Gasteiger partial charge on any atom is -0.352 e. The Bertz CT molecular complexity index is 912. The van der Waals surface area contributed by atoms with E-state index in [0.29, 0.717) is 18.0 Å². The number of carbonyl (C=O) groups is 1. The van der Waals surface area contributed by atoms with Crippen molar-refractivity contribution in [3.8, 4) is 0 Å². The smallest absolute Gasteiger partial charge is 0.251 e. The summed E-state index contributed by atoms with van der Waals surface area (Å²) in [5.74, 6) is 0.254. The number of hydrogen-bond donors (Lipinski definition) is 1. The van der Waals surface area contributed by atoms with E-state index in [2.05, 4.69) is 34.5 Å². The predicted octanol–water partition coefficient (Wildman–Crippen LogP) is 2.58. The molecule has 0 spiro atoms. The van der Waals surface area contributed by atoms with Gasteiger partial charge >= 0.3 is 0 Å². The van der Waals surface area contributed by atoms with E-state index >= 15 is 0 Å². The average molecular weight is 416 g/mol. The van der Waals surface area contributed by atoms with Gasteiger partial charge in [-0.05, 0) is 55.1 Å². The lowest BCUT2D eigenvalue weighted by Crippen LogP contribution is -2.40. The van der Waals surface area contributed by atoms with E-state index < -0.39 is 10.0 Å². The second-order valence-corrected chi connectivity index (χ2v) is 9.90. The summed E-state index contributed by atoms with van der Waals surface area (Å²) in [4.78, 5) is 15.1. The summed E-state index contributed by atoms with van der Waals surface area (Å²) in [6, 6.07) is 16.5. The molecule has 0 radical (unpaired) electrons. The van der Waals surface area contributed by atoms with Crippen molar-refractivity contribution in [3.05, 3.63) is 65.7 Å². The topological polar surface area (TPSA) is 69.7 Å². The fourth-order valence-electron chi connectivity index (χ4n) is 3.63. The lowest BCUT2D eigenvalue weighted by atomic mass is 9.97. The molecule has 2 aromatic rings. The maximum atomic E-state index is 12.5. The minimum absolute atomic E-state index is 0.168. The van der Waals surface area contributed by atoms with Gasteiger partial charge in [0.15, 0.2) is 0 Å². The van der Waals surface area contributed by atoms with Crippen LogP contribution in [0.3, 0.4) is 0 Å². The van der Waals surface area contributed by atoms with Crippen LogP contribution in [-0.2, 0) is 16.6 Å². The van der Waals surface area contributed by atoms with Crippen molar-refractivity contribution in [1.29, 1.82) is 0 Å². The Hall–Kier alpha value is -2.22. The van der Waals surface area contributed by atoms with Gasteiger partial charge in [-0.15, -0.1) is 0 Å². The van der Waals surface area contributed by atoms with Gasteiger partial charge in [-0.25, -0.2) is 12.7 Å².